The highest BCUT2D eigenvalue weighted by molar-refractivity contribution is 5.74. The summed E-state index contributed by atoms with van der Waals surface area (Å²) in [5.74, 6) is 1.55. The third kappa shape index (κ3) is 14.0. The van der Waals surface area contributed by atoms with E-state index >= 15 is 0 Å². The van der Waals surface area contributed by atoms with Crippen LogP contribution in [0, 0.1) is 0 Å². The van der Waals surface area contributed by atoms with Gasteiger partial charge >= 0.3 is 0 Å². The molecule has 0 unspecified atom stereocenters. The Kier molecular flexibility index (Phi) is 18.6. The van der Waals surface area contributed by atoms with Crippen molar-refractivity contribution in [1.82, 2.24) is 15.0 Å². The molecule has 0 atom stereocenters. The van der Waals surface area contributed by atoms with Crippen molar-refractivity contribution in [2.45, 2.75) is 78.6 Å². The molecule has 0 saturated heterocycles. The first-order chi connectivity index (χ1) is 26.4. The molecule has 0 aliphatic heterocycles. The Morgan fingerprint density at radius 2 is 0.667 bits per heavy atom. The molecule has 3 aromatic carbocycles. The lowest BCUT2D eigenvalue weighted by molar-refractivity contribution is 0.117. The first-order valence-corrected chi connectivity index (χ1v) is 19.3. The van der Waals surface area contributed by atoms with Crippen LogP contribution in [0.15, 0.2) is 54.6 Å². The van der Waals surface area contributed by atoms with Gasteiger partial charge in [0, 0.05) is 77.1 Å². The summed E-state index contributed by atoms with van der Waals surface area (Å²) >= 11 is 0. The minimum absolute atomic E-state index is 0.104. The zero-order chi connectivity index (χ0) is 38.4. The zero-order valence-corrected chi connectivity index (χ0v) is 32.1. The largest absolute Gasteiger partial charge is 0.507 e. The molecular formula is C42H57N3O9. The molecule has 3 N–H and O–H groups in total. The molecule has 0 bridgehead atoms. The molecular weight excluding hydrogens is 690 g/mol. The number of nitrogens with zero attached hydrogens (tertiary/aromatic N) is 3. The van der Waals surface area contributed by atoms with E-state index < -0.39 is 0 Å². The highest BCUT2D eigenvalue weighted by Crippen LogP contribution is 2.37. The van der Waals surface area contributed by atoms with Gasteiger partial charge in [-0.2, -0.15) is 0 Å². The minimum atomic E-state index is -0.104. The van der Waals surface area contributed by atoms with Gasteiger partial charge in [0.2, 0.25) is 0 Å². The van der Waals surface area contributed by atoms with Gasteiger partial charge in [0.1, 0.15) is 34.5 Å². The van der Waals surface area contributed by atoms with Gasteiger partial charge in [-0.05, 0) is 55.7 Å². The monoisotopic (exact) mass is 747 g/mol. The van der Waals surface area contributed by atoms with Crippen LogP contribution < -0.4 is 14.2 Å². The lowest BCUT2D eigenvalue weighted by Crippen LogP contribution is -2.05. The molecule has 12 heteroatoms. The Hall–Kier alpha value is -4.65. The highest BCUT2D eigenvalue weighted by atomic mass is 16.5. The third-order valence-electron chi connectivity index (χ3n) is 8.30. The van der Waals surface area contributed by atoms with Gasteiger partial charge in [-0.25, -0.2) is 15.0 Å². The number of phenolic OH excluding ortho intramolecular Hbond substituents is 3. The van der Waals surface area contributed by atoms with E-state index in [1.807, 2.05) is 0 Å². The van der Waals surface area contributed by atoms with Gasteiger partial charge in [-0.15, -0.1) is 0 Å². The smallest absolute Gasteiger partial charge is 0.167 e. The number of benzene rings is 3. The summed E-state index contributed by atoms with van der Waals surface area (Å²) in [6, 6.07) is 14.7. The normalized spacial score (nSPS) is 11.2. The highest BCUT2D eigenvalue weighted by Gasteiger charge is 2.19. The first kappa shape index (κ1) is 42.1. The number of hydrogen-bond donors (Lipinski definition) is 3. The second-order valence-electron chi connectivity index (χ2n) is 12.8. The van der Waals surface area contributed by atoms with Crippen molar-refractivity contribution in [3.05, 3.63) is 54.6 Å². The minimum Gasteiger partial charge on any atom is -0.507 e. The SMILES string of the molecule is CCCCOCCCOc1ccc(-c2nc(-c3ccc(OCCCOCCCC)cc3O)nc(-c3ccc(OCCCOCCCC)cc3O)n2)c(O)c1. The predicted molar refractivity (Wildman–Crippen MR) is 209 cm³/mol. The predicted octanol–water partition coefficient (Wildman–Crippen LogP) is 8.75. The average Bonchev–Trinajstić information content (AvgIpc) is 3.17. The summed E-state index contributed by atoms with van der Waals surface area (Å²) in [6.07, 6.45) is 8.49. The van der Waals surface area contributed by atoms with Crippen molar-refractivity contribution in [2.24, 2.45) is 0 Å². The fourth-order valence-corrected chi connectivity index (χ4v) is 5.21. The van der Waals surface area contributed by atoms with Crippen molar-refractivity contribution >= 4 is 0 Å². The van der Waals surface area contributed by atoms with E-state index in [9.17, 15) is 15.3 Å². The standard InChI is InChI=1S/C42H57N3O9/c1-4-7-19-49-22-10-25-52-31-13-16-34(37(46)28-31)40-43-41(35-17-14-32(29-38(35)47)53-26-11-23-50-20-8-5-2)45-42(44-40)36-18-15-33(30-39(36)48)54-27-12-24-51-21-9-6-3/h13-18,28-30,46-48H,4-12,19-27H2,1-3H3. The summed E-state index contributed by atoms with van der Waals surface area (Å²) < 4.78 is 34.3. The van der Waals surface area contributed by atoms with Gasteiger partial charge in [0.15, 0.2) is 17.5 Å². The molecule has 0 fully saturated rings. The van der Waals surface area contributed by atoms with Crippen molar-refractivity contribution in [3.8, 4) is 68.7 Å². The van der Waals surface area contributed by atoms with Gasteiger partial charge in [-0.3, -0.25) is 0 Å². The van der Waals surface area contributed by atoms with Gasteiger partial charge < -0.3 is 43.7 Å². The molecule has 0 saturated carbocycles. The Bertz CT molecular complexity index is 1480. The average molecular weight is 748 g/mol. The van der Waals surface area contributed by atoms with Crippen LogP contribution in [0.3, 0.4) is 0 Å². The molecule has 12 nitrogen and oxygen atoms in total. The fraction of sp³-hybridized carbons (Fsp3) is 0.500. The van der Waals surface area contributed by atoms with Crippen molar-refractivity contribution in [1.29, 1.82) is 0 Å². The molecule has 0 spiro atoms. The van der Waals surface area contributed by atoms with E-state index in [0.29, 0.717) is 92.8 Å². The van der Waals surface area contributed by atoms with Crippen molar-refractivity contribution < 1.29 is 43.7 Å². The molecule has 1 heterocycles. The summed E-state index contributed by atoms with van der Waals surface area (Å²) in [5, 5.41) is 33.4. The Morgan fingerprint density at radius 1 is 0.389 bits per heavy atom. The van der Waals surface area contributed by atoms with Crippen LogP contribution in [0.25, 0.3) is 34.2 Å². The van der Waals surface area contributed by atoms with Crippen LogP contribution in [0.4, 0.5) is 0 Å². The maximum absolute atomic E-state index is 11.1. The lowest BCUT2D eigenvalue weighted by atomic mass is 10.1. The van der Waals surface area contributed by atoms with Crippen LogP contribution in [-0.4, -0.2) is 89.7 Å². The topological polar surface area (TPSA) is 155 Å². The van der Waals surface area contributed by atoms with Crippen LogP contribution in [0.2, 0.25) is 0 Å². The van der Waals surface area contributed by atoms with Gasteiger partial charge in [0.05, 0.1) is 36.5 Å². The number of phenols is 3. The molecule has 0 amide bonds. The molecule has 0 aliphatic rings. The van der Waals surface area contributed by atoms with E-state index in [0.717, 1.165) is 58.3 Å². The molecule has 4 aromatic rings. The van der Waals surface area contributed by atoms with Gasteiger partial charge in [0.25, 0.3) is 0 Å². The van der Waals surface area contributed by atoms with E-state index in [2.05, 4.69) is 35.7 Å². The van der Waals surface area contributed by atoms with Crippen molar-refractivity contribution in [3.63, 3.8) is 0 Å². The Morgan fingerprint density at radius 3 is 0.926 bits per heavy atom. The number of aromatic hydroxyl groups is 3. The first-order valence-electron chi connectivity index (χ1n) is 19.3. The van der Waals surface area contributed by atoms with Crippen LogP contribution in [-0.2, 0) is 14.2 Å². The van der Waals surface area contributed by atoms with Crippen LogP contribution >= 0.6 is 0 Å². The lowest BCUT2D eigenvalue weighted by Gasteiger charge is -2.13. The van der Waals surface area contributed by atoms with E-state index in [4.69, 9.17) is 28.4 Å². The summed E-state index contributed by atoms with van der Waals surface area (Å²) in [5.41, 5.74) is 0.948. The number of rotatable bonds is 27. The molecule has 1 aromatic heterocycles. The van der Waals surface area contributed by atoms with Crippen LogP contribution in [0.1, 0.15) is 78.6 Å². The maximum Gasteiger partial charge on any atom is 0.167 e. The maximum atomic E-state index is 11.1. The summed E-state index contributed by atoms with van der Waals surface area (Å²) in [4.78, 5) is 14.0. The zero-order valence-electron chi connectivity index (χ0n) is 32.1. The van der Waals surface area contributed by atoms with Crippen molar-refractivity contribution in [2.75, 3.05) is 59.5 Å². The summed E-state index contributed by atoms with van der Waals surface area (Å²) in [7, 11) is 0. The number of aromatic nitrogens is 3. The molecule has 0 radical (unpaired) electrons. The van der Waals surface area contributed by atoms with E-state index in [-0.39, 0.29) is 34.7 Å². The quantitative estimate of drug-likeness (QED) is 0.0500. The van der Waals surface area contributed by atoms with Gasteiger partial charge in [-0.1, -0.05) is 40.0 Å². The molecule has 54 heavy (non-hydrogen) atoms. The number of ether oxygens (including phenoxy) is 6. The Balaban J connectivity index is 1.55. The second kappa shape index (κ2) is 23.9. The third-order valence-corrected chi connectivity index (χ3v) is 8.30. The van der Waals surface area contributed by atoms with E-state index in [1.165, 1.54) is 18.2 Å². The molecule has 4 rings (SSSR count). The number of hydrogen-bond acceptors (Lipinski definition) is 12. The second-order valence-corrected chi connectivity index (χ2v) is 12.8. The fourth-order valence-electron chi connectivity index (χ4n) is 5.21. The molecule has 294 valence electrons. The molecule has 0 aliphatic carbocycles. The Labute approximate surface area is 319 Å². The van der Waals surface area contributed by atoms with Crippen LogP contribution in [0.5, 0.6) is 34.5 Å². The summed E-state index contributed by atoms with van der Waals surface area (Å²) in [6.45, 7) is 11.7. The van der Waals surface area contributed by atoms with E-state index in [1.54, 1.807) is 36.4 Å². The number of unbranched alkanes of at least 4 members (excludes halogenated alkanes) is 3.